The molecule has 1 aromatic heterocycles. The van der Waals surface area contributed by atoms with Gasteiger partial charge < -0.3 is 5.32 Å². The summed E-state index contributed by atoms with van der Waals surface area (Å²) in [5.41, 5.74) is 3.76. The Kier molecular flexibility index (Phi) is 3.98. The van der Waals surface area contributed by atoms with Crippen LogP contribution in [0.3, 0.4) is 0 Å². The second kappa shape index (κ2) is 5.28. The molecule has 0 atom stereocenters. The molecule has 2 rings (SSSR count). The molecule has 0 aromatic carbocycles. The topological polar surface area (TPSA) is 24.9 Å². The minimum Gasteiger partial charge on any atom is -0.311 e. The van der Waals surface area contributed by atoms with Crippen molar-refractivity contribution in [3.63, 3.8) is 0 Å². The van der Waals surface area contributed by atoms with E-state index in [-0.39, 0.29) is 0 Å². The molecule has 0 bridgehead atoms. The summed E-state index contributed by atoms with van der Waals surface area (Å²) in [5.74, 6) is 0. The number of nitrogens with zero attached hydrogens (tertiary/aromatic N) is 1. The van der Waals surface area contributed by atoms with Gasteiger partial charge in [-0.3, -0.25) is 0 Å². The van der Waals surface area contributed by atoms with E-state index in [1.165, 1.54) is 49.2 Å². The summed E-state index contributed by atoms with van der Waals surface area (Å²) < 4.78 is 0. The van der Waals surface area contributed by atoms with Gasteiger partial charge in [0, 0.05) is 18.0 Å². The largest absolute Gasteiger partial charge is 0.311 e. The highest BCUT2D eigenvalue weighted by molar-refractivity contribution is 7.09. The lowest BCUT2D eigenvalue weighted by Crippen LogP contribution is -2.39. The number of aryl methyl sites for hydroxylation is 1. The van der Waals surface area contributed by atoms with Gasteiger partial charge in [-0.15, -0.1) is 11.3 Å². The Labute approximate surface area is 102 Å². The quantitative estimate of drug-likeness (QED) is 0.820. The molecule has 1 fully saturated rings. The van der Waals surface area contributed by atoms with Crippen molar-refractivity contribution >= 4 is 11.3 Å². The van der Waals surface area contributed by atoms with Crippen molar-refractivity contribution in [2.75, 3.05) is 6.54 Å². The highest BCUT2D eigenvalue weighted by Gasteiger charge is 2.35. The molecule has 0 aliphatic heterocycles. The highest BCUT2D eigenvalue weighted by atomic mass is 32.1. The Hall–Kier alpha value is -0.410. The summed E-state index contributed by atoms with van der Waals surface area (Å²) in [6.45, 7) is 6.59. The van der Waals surface area contributed by atoms with E-state index in [0.29, 0.717) is 5.41 Å². The van der Waals surface area contributed by atoms with Crippen molar-refractivity contribution in [1.29, 1.82) is 0 Å². The fourth-order valence-electron chi connectivity index (χ4n) is 2.66. The molecule has 0 unspecified atom stereocenters. The highest BCUT2D eigenvalue weighted by Crippen LogP contribution is 2.44. The van der Waals surface area contributed by atoms with Gasteiger partial charge in [0.15, 0.2) is 0 Å². The standard InChI is InChI=1S/C13H22N2S/c1-3-5-13(6-4-7-13)9-14-8-12-11(2)15-10-16-12/h10,14H,3-9H2,1-2H3. The Morgan fingerprint density at radius 3 is 2.81 bits per heavy atom. The molecule has 0 radical (unpaired) electrons. The number of hydrogen-bond acceptors (Lipinski definition) is 3. The molecule has 90 valence electrons. The number of thiazole rings is 1. The van der Waals surface area contributed by atoms with E-state index < -0.39 is 0 Å². The van der Waals surface area contributed by atoms with Gasteiger partial charge in [-0.2, -0.15) is 0 Å². The normalized spacial score (nSPS) is 18.4. The van der Waals surface area contributed by atoms with Gasteiger partial charge in [0.2, 0.25) is 0 Å². The van der Waals surface area contributed by atoms with E-state index in [1.54, 1.807) is 11.3 Å². The van der Waals surface area contributed by atoms with Gasteiger partial charge >= 0.3 is 0 Å². The van der Waals surface area contributed by atoms with Crippen LogP contribution in [0.1, 0.15) is 49.6 Å². The van der Waals surface area contributed by atoms with E-state index in [9.17, 15) is 0 Å². The SMILES string of the molecule is CCCC1(CNCc2scnc2C)CCC1. The molecule has 1 heterocycles. The zero-order chi connectivity index (χ0) is 11.4. The molecule has 16 heavy (non-hydrogen) atoms. The number of aromatic nitrogens is 1. The van der Waals surface area contributed by atoms with Crippen molar-refractivity contribution in [1.82, 2.24) is 10.3 Å². The minimum absolute atomic E-state index is 0.632. The second-order valence-electron chi connectivity index (χ2n) is 5.07. The number of hydrogen-bond donors (Lipinski definition) is 1. The van der Waals surface area contributed by atoms with E-state index in [2.05, 4.69) is 24.1 Å². The summed E-state index contributed by atoms with van der Waals surface area (Å²) >= 11 is 1.77. The molecule has 0 amide bonds. The molecule has 0 saturated heterocycles. The van der Waals surface area contributed by atoms with Crippen LogP contribution in [0.2, 0.25) is 0 Å². The minimum atomic E-state index is 0.632. The first-order chi connectivity index (χ1) is 7.76. The predicted molar refractivity (Wildman–Crippen MR) is 69.7 cm³/mol. The maximum absolute atomic E-state index is 4.28. The third kappa shape index (κ3) is 2.64. The average molecular weight is 238 g/mol. The molecule has 0 spiro atoms. The van der Waals surface area contributed by atoms with Gasteiger partial charge in [-0.25, -0.2) is 4.98 Å². The van der Waals surface area contributed by atoms with E-state index in [1.807, 2.05) is 5.51 Å². The first-order valence-corrected chi connectivity index (χ1v) is 7.23. The zero-order valence-corrected chi connectivity index (χ0v) is 11.2. The fraction of sp³-hybridized carbons (Fsp3) is 0.769. The van der Waals surface area contributed by atoms with Crippen LogP contribution in [0, 0.1) is 12.3 Å². The van der Waals surface area contributed by atoms with Gasteiger partial charge in [-0.05, 0) is 31.6 Å². The number of nitrogens with one attached hydrogen (secondary N) is 1. The summed E-state index contributed by atoms with van der Waals surface area (Å²) in [6.07, 6.45) is 7.00. The summed E-state index contributed by atoms with van der Waals surface area (Å²) in [6, 6.07) is 0. The van der Waals surface area contributed by atoms with Gasteiger partial charge in [-0.1, -0.05) is 19.8 Å². The lowest BCUT2D eigenvalue weighted by molar-refractivity contribution is 0.115. The van der Waals surface area contributed by atoms with E-state index in [4.69, 9.17) is 0 Å². The lowest BCUT2D eigenvalue weighted by atomic mass is 9.66. The van der Waals surface area contributed by atoms with Gasteiger partial charge in [0.1, 0.15) is 0 Å². The summed E-state index contributed by atoms with van der Waals surface area (Å²) in [5, 5.41) is 3.63. The van der Waals surface area contributed by atoms with Crippen LogP contribution in [0.25, 0.3) is 0 Å². The Bertz CT molecular complexity index is 328. The summed E-state index contributed by atoms with van der Waals surface area (Å²) in [4.78, 5) is 5.68. The van der Waals surface area contributed by atoms with Crippen molar-refractivity contribution in [2.45, 2.75) is 52.5 Å². The van der Waals surface area contributed by atoms with Crippen molar-refractivity contribution in [3.05, 3.63) is 16.1 Å². The molecule has 1 aromatic rings. The molecule has 1 aliphatic rings. The number of rotatable bonds is 6. The Morgan fingerprint density at radius 1 is 1.50 bits per heavy atom. The van der Waals surface area contributed by atoms with Crippen LogP contribution in [-0.2, 0) is 6.54 Å². The van der Waals surface area contributed by atoms with Crippen LogP contribution >= 0.6 is 11.3 Å². The molecule has 1 N–H and O–H groups in total. The van der Waals surface area contributed by atoms with Crippen molar-refractivity contribution in [2.24, 2.45) is 5.41 Å². The summed E-state index contributed by atoms with van der Waals surface area (Å²) in [7, 11) is 0. The molecule has 3 heteroatoms. The first-order valence-electron chi connectivity index (χ1n) is 6.35. The van der Waals surface area contributed by atoms with Crippen molar-refractivity contribution in [3.8, 4) is 0 Å². The predicted octanol–water partition coefficient (Wildman–Crippen LogP) is 3.51. The molecule has 2 nitrogen and oxygen atoms in total. The average Bonchev–Trinajstić information content (AvgIpc) is 2.61. The van der Waals surface area contributed by atoms with E-state index in [0.717, 1.165) is 6.54 Å². The molecule has 1 aliphatic carbocycles. The monoisotopic (exact) mass is 238 g/mol. The van der Waals surface area contributed by atoms with Crippen LogP contribution in [-0.4, -0.2) is 11.5 Å². The van der Waals surface area contributed by atoms with Crippen molar-refractivity contribution < 1.29 is 0 Å². The fourth-order valence-corrected chi connectivity index (χ4v) is 3.41. The third-order valence-corrected chi connectivity index (χ3v) is 4.76. The maximum Gasteiger partial charge on any atom is 0.0798 e. The van der Waals surface area contributed by atoms with Crippen LogP contribution in [0.5, 0.6) is 0 Å². The zero-order valence-electron chi connectivity index (χ0n) is 10.4. The van der Waals surface area contributed by atoms with Crippen LogP contribution in [0.4, 0.5) is 0 Å². The molecule has 1 saturated carbocycles. The first kappa shape index (κ1) is 12.1. The Balaban J connectivity index is 1.77. The van der Waals surface area contributed by atoms with E-state index >= 15 is 0 Å². The molecular weight excluding hydrogens is 216 g/mol. The Morgan fingerprint density at radius 2 is 2.31 bits per heavy atom. The third-order valence-electron chi connectivity index (χ3n) is 3.82. The second-order valence-corrected chi connectivity index (χ2v) is 6.01. The van der Waals surface area contributed by atoms with Gasteiger partial charge in [0.25, 0.3) is 0 Å². The molecular formula is C13H22N2S. The lowest BCUT2D eigenvalue weighted by Gasteiger charge is -2.42. The van der Waals surface area contributed by atoms with Crippen LogP contribution < -0.4 is 5.32 Å². The van der Waals surface area contributed by atoms with Gasteiger partial charge in [0.05, 0.1) is 11.2 Å². The smallest absolute Gasteiger partial charge is 0.0798 e. The van der Waals surface area contributed by atoms with Crippen LogP contribution in [0.15, 0.2) is 5.51 Å². The maximum atomic E-state index is 4.28.